The minimum atomic E-state index is 0.250. The van der Waals surface area contributed by atoms with Crippen molar-refractivity contribution in [3.63, 3.8) is 0 Å². The average Bonchev–Trinajstić information content (AvgIpc) is 3.03. The highest BCUT2D eigenvalue weighted by Crippen LogP contribution is 2.12. The van der Waals surface area contributed by atoms with Crippen LogP contribution in [0.1, 0.15) is 37.7 Å². The number of likely N-dealkylation sites (N-methyl/N-ethyl adjacent to an activating group) is 1. The first-order chi connectivity index (χ1) is 12.2. The van der Waals surface area contributed by atoms with Gasteiger partial charge in [-0.2, -0.15) is 5.10 Å². The number of carbonyl (C=O) groups excluding carboxylic acids is 1. The van der Waals surface area contributed by atoms with Gasteiger partial charge in [0.15, 0.2) is 0 Å². The zero-order chi connectivity index (χ0) is 17.5. The molecule has 1 aliphatic rings. The van der Waals surface area contributed by atoms with E-state index in [-0.39, 0.29) is 5.91 Å². The summed E-state index contributed by atoms with van der Waals surface area (Å²) in [6, 6.07) is 10.1. The molecular formula is C20H28N4O. The molecule has 1 aliphatic heterocycles. The monoisotopic (exact) mass is 340 g/mol. The van der Waals surface area contributed by atoms with Crippen LogP contribution in [0.15, 0.2) is 42.7 Å². The number of para-hydroxylation sites is 1. The second kappa shape index (κ2) is 8.81. The molecule has 1 saturated heterocycles. The topological polar surface area (TPSA) is 41.4 Å². The standard InChI is InChI=1S/C20H28N4O/c1-22(17-20(25)23-12-8-3-2-4-9-13-23)15-18-14-21-24(16-18)19-10-6-5-7-11-19/h5-7,10-11,14,16H,2-4,8-9,12-13,15,17H2,1H3. The van der Waals surface area contributed by atoms with E-state index in [9.17, 15) is 4.79 Å². The van der Waals surface area contributed by atoms with Gasteiger partial charge in [0.05, 0.1) is 18.4 Å². The minimum Gasteiger partial charge on any atom is -0.342 e. The Labute approximate surface area is 150 Å². The van der Waals surface area contributed by atoms with Gasteiger partial charge in [-0.1, -0.05) is 37.5 Å². The van der Waals surface area contributed by atoms with Gasteiger partial charge < -0.3 is 4.90 Å². The lowest BCUT2D eigenvalue weighted by atomic mass is 10.1. The van der Waals surface area contributed by atoms with Crippen molar-refractivity contribution < 1.29 is 4.79 Å². The number of carbonyl (C=O) groups is 1. The van der Waals surface area contributed by atoms with Crippen molar-refractivity contribution >= 4 is 5.91 Å². The number of hydrogen-bond acceptors (Lipinski definition) is 3. The van der Waals surface area contributed by atoms with Crippen molar-refractivity contribution in [1.82, 2.24) is 19.6 Å². The van der Waals surface area contributed by atoms with Gasteiger partial charge in [0.25, 0.3) is 0 Å². The molecule has 25 heavy (non-hydrogen) atoms. The molecule has 134 valence electrons. The Morgan fingerprint density at radius 3 is 2.48 bits per heavy atom. The molecule has 1 fully saturated rings. The van der Waals surface area contributed by atoms with Crippen LogP contribution in [0.25, 0.3) is 5.69 Å². The molecule has 0 aliphatic carbocycles. The van der Waals surface area contributed by atoms with E-state index in [0.717, 1.165) is 43.7 Å². The molecule has 1 aromatic heterocycles. The molecule has 0 radical (unpaired) electrons. The lowest BCUT2D eigenvalue weighted by Gasteiger charge is -2.27. The Morgan fingerprint density at radius 1 is 1.08 bits per heavy atom. The summed E-state index contributed by atoms with van der Waals surface area (Å²) in [5.74, 6) is 0.250. The van der Waals surface area contributed by atoms with Gasteiger partial charge in [-0.05, 0) is 32.0 Å². The summed E-state index contributed by atoms with van der Waals surface area (Å²) in [4.78, 5) is 16.7. The van der Waals surface area contributed by atoms with Gasteiger partial charge in [-0.3, -0.25) is 9.69 Å². The van der Waals surface area contributed by atoms with Crippen molar-refractivity contribution in [3.05, 3.63) is 48.3 Å². The number of aromatic nitrogens is 2. The van der Waals surface area contributed by atoms with Crippen LogP contribution >= 0.6 is 0 Å². The Balaban J connectivity index is 1.52. The predicted molar refractivity (Wildman–Crippen MR) is 99.6 cm³/mol. The van der Waals surface area contributed by atoms with Crippen LogP contribution in [0.4, 0.5) is 0 Å². The fraction of sp³-hybridized carbons (Fsp3) is 0.500. The first-order valence-electron chi connectivity index (χ1n) is 9.28. The normalized spacial score (nSPS) is 15.8. The fourth-order valence-electron chi connectivity index (χ4n) is 3.36. The van der Waals surface area contributed by atoms with Gasteiger partial charge in [-0.25, -0.2) is 4.68 Å². The van der Waals surface area contributed by atoms with Crippen molar-refractivity contribution in [2.45, 2.75) is 38.6 Å². The van der Waals surface area contributed by atoms with Crippen LogP contribution in [0, 0.1) is 0 Å². The number of likely N-dealkylation sites (tertiary alicyclic amines) is 1. The number of amides is 1. The van der Waals surface area contributed by atoms with E-state index >= 15 is 0 Å². The highest BCUT2D eigenvalue weighted by molar-refractivity contribution is 5.78. The van der Waals surface area contributed by atoms with Crippen molar-refractivity contribution in [3.8, 4) is 5.69 Å². The lowest BCUT2D eigenvalue weighted by molar-refractivity contribution is -0.132. The second-order valence-electron chi connectivity index (χ2n) is 6.95. The predicted octanol–water partition coefficient (Wildman–Crippen LogP) is 3.10. The molecule has 2 heterocycles. The second-order valence-corrected chi connectivity index (χ2v) is 6.95. The van der Waals surface area contributed by atoms with Gasteiger partial charge in [0.2, 0.25) is 5.91 Å². The molecule has 5 nitrogen and oxygen atoms in total. The molecule has 0 saturated carbocycles. The number of rotatable bonds is 5. The third-order valence-corrected chi connectivity index (χ3v) is 4.72. The Hall–Kier alpha value is -2.14. The zero-order valence-corrected chi connectivity index (χ0v) is 15.1. The van der Waals surface area contributed by atoms with Crippen LogP contribution < -0.4 is 0 Å². The first-order valence-corrected chi connectivity index (χ1v) is 9.28. The van der Waals surface area contributed by atoms with Gasteiger partial charge in [0.1, 0.15) is 0 Å². The van der Waals surface area contributed by atoms with Crippen LogP contribution in [-0.4, -0.2) is 52.2 Å². The fourth-order valence-corrected chi connectivity index (χ4v) is 3.36. The van der Waals surface area contributed by atoms with Crippen LogP contribution in [0.5, 0.6) is 0 Å². The lowest BCUT2D eigenvalue weighted by Crippen LogP contribution is -2.40. The maximum atomic E-state index is 12.6. The number of benzene rings is 1. The summed E-state index contributed by atoms with van der Waals surface area (Å²) in [6.45, 7) is 3.03. The summed E-state index contributed by atoms with van der Waals surface area (Å²) in [6.07, 6.45) is 10.00. The Morgan fingerprint density at radius 2 is 1.76 bits per heavy atom. The Bertz CT molecular complexity index is 659. The third-order valence-electron chi connectivity index (χ3n) is 4.72. The summed E-state index contributed by atoms with van der Waals surface area (Å²) in [7, 11) is 2.00. The molecule has 5 heteroatoms. The average molecular weight is 340 g/mol. The Kier molecular flexibility index (Phi) is 6.23. The molecule has 1 aromatic carbocycles. The van der Waals surface area contributed by atoms with Crippen molar-refractivity contribution in [1.29, 1.82) is 0 Å². The molecule has 2 aromatic rings. The van der Waals surface area contributed by atoms with Crippen LogP contribution in [-0.2, 0) is 11.3 Å². The molecule has 3 rings (SSSR count). The molecule has 0 N–H and O–H groups in total. The van der Waals surface area contributed by atoms with Crippen molar-refractivity contribution in [2.75, 3.05) is 26.7 Å². The zero-order valence-electron chi connectivity index (χ0n) is 15.1. The molecule has 0 unspecified atom stereocenters. The van der Waals surface area contributed by atoms with Gasteiger partial charge >= 0.3 is 0 Å². The maximum absolute atomic E-state index is 12.6. The summed E-state index contributed by atoms with van der Waals surface area (Å²) in [5, 5.41) is 4.43. The summed E-state index contributed by atoms with van der Waals surface area (Å²) in [5.41, 5.74) is 2.17. The molecule has 0 bridgehead atoms. The van der Waals surface area contributed by atoms with E-state index in [0.29, 0.717) is 6.54 Å². The highest BCUT2D eigenvalue weighted by atomic mass is 16.2. The van der Waals surface area contributed by atoms with E-state index < -0.39 is 0 Å². The molecule has 1 amide bonds. The maximum Gasteiger partial charge on any atom is 0.236 e. The van der Waals surface area contributed by atoms with E-state index in [1.807, 2.05) is 59.4 Å². The SMILES string of the molecule is CN(CC(=O)N1CCCCCCC1)Cc1cnn(-c2ccccc2)c1. The van der Waals surface area contributed by atoms with Crippen molar-refractivity contribution in [2.24, 2.45) is 0 Å². The minimum absolute atomic E-state index is 0.250. The van der Waals surface area contributed by atoms with Gasteiger partial charge in [0, 0.05) is 31.4 Å². The van der Waals surface area contributed by atoms with E-state index in [4.69, 9.17) is 0 Å². The molecule has 0 spiro atoms. The third kappa shape index (κ3) is 5.16. The van der Waals surface area contributed by atoms with E-state index in [1.54, 1.807) is 0 Å². The first kappa shape index (κ1) is 17.7. The number of hydrogen-bond donors (Lipinski definition) is 0. The molecule has 0 atom stereocenters. The largest absolute Gasteiger partial charge is 0.342 e. The molecular weight excluding hydrogens is 312 g/mol. The van der Waals surface area contributed by atoms with E-state index in [2.05, 4.69) is 10.00 Å². The summed E-state index contributed by atoms with van der Waals surface area (Å²) >= 11 is 0. The highest BCUT2D eigenvalue weighted by Gasteiger charge is 2.16. The van der Waals surface area contributed by atoms with Gasteiger partial charge in [-0.15, -0.1) is 0 Å². The van der Waals surface area contributed by atoms with E-state index in [1.165, 1.54) is 19.3 Å². The van der Waals surface area contributed by atoms with Crippen LogP contribution in [0.3, 0.4) is 0 Å². The number of nitrogens with zero attached hydrogens (tertiary/aromatic N) is 4. The quantitative estimate of drug-likeness (QED) is 0.840. The smallest absolute Gasteiger partial charge is 0.236 e. The summed E-state index contributed by atoms with van der Waals surface area (Å²) < 4.78 is 1.88. The van der Waals surface area contributed by atoms with Crippen LogP contribution in [0.2, 0.25) is 0 Å².